The van der Waals surface area contributed by atoms with Gasteiger partial charge in [0.2, 0.25) is 47.3 Å². The molecule has 1 aliphatic rings. The molecule has 0 unspecified atom stereocenters. The second-order valence-corrected chi connectivity index (χ2v) is 19.9. The van der Waals surface area contributed by atoms with Gasteiger partial charge in [0, 0.05) is 6.54 Å². The SMILES string of the molecule is CC[C@H](C)[C@H](NC(=O)[C@@H](N)CC(C)C)C(=O)N[C@@H](CC(C)C)C(=O)NCC(=O)N1CCC[C@H]1C(=O)N[C@@H](CC(C)C)C(=O)N[C@@H](CC(C)C)C(=O)N[C@@H](CC(=O)O)C(=O)N[C@H](C(=O)O)C(C)C. The number of nitrogens with two attached hydrogens (primary N) is 1. The molecule has 1 saturated heterocycles. The molecule has 0 aliphatic carbocycles. The fraction of sp³-hybridized carbons (Fsp3) is 0.783. The van der Waals surface area contributed by atoms with E-state index in [1.165, 1.54) is 4.90 Å². The van der Waals surface area contributed by atoms with Crippen molar-refractivity contribution in [1.82, 2.24) is 42.1 Å². The van der Waals surface area contributed by atoms with Crippen LogP contribution in [0.25, 0.3) is 0 Å². The number of aliphatic carboxylic acids is 2. The standard InChI is InChI=1S/C46H81N9O12/c1-13-28(12)38(54-39(59)29(47)17-23(2)3)45(65)52-30(18-24(4)5)40(60)48-22-35(56)55-16-14-15-34(55)44(64)51-32(20-26(8)9)42(62)49-31(19-25(6)7)41(61)50-33(21-36(57)58)43(63)53-37(27(10)11)46(66)67/h23-34,37-38H,13-22,47H2,1-12H3,(H,48,60)(H,49,62)(H,50,61)(H,51,64)(H,52,65)(H,53,63)(H,54,59)(H,57,58)(H,66,67)/t28-,29-,30-,31-,32-,33-,34-,37-,38-/m0/s1. The third kappa shape index (κ3) is 21.0. The number of rotatable bonds is 29. The molecular formula is C46H81N9O12. The number of amides is 8. The highest BCUT2D eigenvalue weighted by molar-refractivity contribution is 5.98. The zero-order valence-electron chi connectivity index (χ0n) is 41.7. The van der Waals surface area contributed by atoms with E-state index in [0.29, 0.717) is 19.3 Å². The minimum absolute atomic E-state index is 0.0472. The summed E-state index contributed by atoms with van der Waals surface area (Å²) in [5, 5.41) is 37.2. The maximum absolute atomic E-state index is 13.9. The van der Waals surface area contributed by atoms with Crippen molar-refractivity contribution in [3.05, 3.63) is 0 Å². The average molecular weight is 952 g/mol. The van der Waals surface area contributed by atoms with Gasteiger partial charge in [0.1, 0.15) is 42.3 Å². The van der Waals surface area contributed by atoms with E-state index in [9.17, 15) is 58.2 Å². The van der Waals surface area contributed by atoms with Crippen LogP contribution in [0.2, 0.25) is 0 Å². The van der Waals surface area contributed by atoms with Gasteiger partial charge in [-0.3, -0.25) is 43.2 Å². The fourth-order valence-corrected chi connectivity index (χ4v) is 7.64. The van der Waals surface area contributed by atoms with E-state index in [0.717, 1.165) is 0 Å². The minimum atomic E-state index is -1.68. The van der Waals surface area contributed by atoms with Crippen LogP contribution in [0.5, 0.6) is 0 Å². The molecule has 382 valence electrons. The topological polar surface area (TPSA) is 325 Å². The Labute approximate surface area is 395 Å². The fourth-order valence-electron chi connectivity index (χ4n) is 7.64. The largest absolute Gasteiger partial charge is 0.481 e. The molecule has 0 aromatic rings. The van der Waals surface area contributed by atoms with Gasteiger partial charge in [-0.1, -0.05) is 89.5 Å². The van der Waals surface area contributed by atoms with Crippen LogP contribution in [0, 0.1) is 35.5 Å². The minimum Gasteiger partial charge on any atom is -0.481 e. The van der Waals surface area contributed by atoms with Gasteiger partial charge >= 0.3 is 11.9 Å². The molecule has 0 spiro atoms. The first kappa shape index (κ1) is 59.7. The first-order valence-electron chi connectivity index (χ1n) is 23.7. The monoisotopic (exact) mass is 952 g/mol. The first-order chi connectivity index (χ1) is 31.1. The quantitative estimate of drug-likeness (QED) is 0.0496. The van der Waals surface area contributed by atoms with Crippen molar-refractivity contribution in [2.75, 3.05) is 13.1 Å². The summed E-state index contributed by atoms with van der Waals surface area (Å²) < 4.78 is 0. The van der Waals surface area contributed by atoms with Gasteiger partial charge < -0.3 is 58.1 Å². The van der Waals surface area contributed by atoms with Crippen molar-refractivity contribution in [3.8, 4) is 0 Å². The number of carboxylic acid groups (broad SMARTS) is 2. The highest BCUT2D eigenvalue weighted by Crippen LogP contribution is 2.19. The maximum Gasteiger partial charge on any atom is 0.326 e. The summed E-state index contributed by atoms with van der Waals surface area (Å²) in [4.78, 5) is 133. The lowest BCUT2D eigenvalue weighted by Gasteiger charge is -2.29. The molecule has 21 heteroatoms. The first-order valence-corrected chi connectivity index (χ1v) is 23.7. The van der Waals surface area contributed by atoms with Crippen LogP contribution < -0.4 is 43.0 Å². The summed E-state index contributed by atoms with van der Waals surface area (Å²) in [5.41, 5.74) is 6.09. The lowest BCUT2D eigenvalue weighted by Crippen LogP contribution is -2.59. The van der Waals surface area contributed by atoms with Crippen LogP contribution in [0.4, 0.5) is 0 Å². The Morgan fingerprint density at radius 2 is 1.01 bits per heavy atom. The van der Waals surface area contributed by atoms with Crippen LogP contribution in [-0.4, -0.2) is 136 Å². The predicted octanol–water partition coefficient (Wildman–Crippen LogP) is 0.776. The molecule has 9 atom stereocenters. The van der Waals surface area contributed by atoms with Crippen LogP contribution in [-0.2, 0) is 47.9 Å². The van der Waals surface area contributed by atoms with E-state index in [4.69, 9.17) is 5.73 Å². The summed E-state index contributed by atoms with van der Waals surface area (Å²) in [7, 11) is 0. The molecule has 1 heterocycles. The average Bonchev–Trinajstić information content (AvgIpc) is 3.71. The van der Waals surface area contributed by atoms with Gasteiger partial charge in [-0.15, -0.1) is 0 Å². The summed E-state index contributed by atoms with van der Waals surface area (Å²) >= 11 is 0. The molecule has 0 aromatic heterocycles. The number of carbonyl (C=O) groups is 10. The third-order valence-corrected chi connectivity index (χ3v) is 11.4. The van der Waals surface area contributed by atoms with E-state index >= 15 is 0 Å². The van der Waals surface area contributed by atoms with Gasteiger partial charge in [-0.25, -0.2) is 4.79 Å². The molecule has 0 bridgehead atoms. The van der Waals surface area contributed by atoms with E-state index < -0.39 is 126 Å². The lowest BCUT2D eigenvalue weighted by atomic mass is 9.96. The Kier molecular flexibility index (Phi) is 25.6. The van der Waals surface area contributed by atoms with Gasteiger partial charge in [0.15, 0.2) is 0 Å². The number of likely N-dealkylation sites (tertiary alicyclic amines) is 1. The molecule has 0 saturated carbocycles. The zero-order valence-corrected chi connectivity index (χ0v) is 41.7. The highest BCUT2D eigenvalue weighted by Gasteiger charge is 2.38. The molecular weight excluding hydrogens is 871 g/mol. The number of carbonyl (C=O) groups excluding carboxylic acids is 8. The molecule has 21 nitrogen and oxygen atoms in total. The van der Waals surface area contributed by atoms with Crippen molar-refractivity contribution >= 4 is 59.2 Å². The second-order valence-electron chi connectivity index (χ2n) is 19.9. The Balaban J connectivity index is 3.20. The van der Waals surface area contributed by atoms with Gasteiger partial charge in [0.05, 0.1) is 19.0 Å². The number of nitrogens with zero attached hydrogens (tertiary/aromatic N) is 1. The van der Waals surface area contributed by atoms with Crippen molar-refractivity contribution < 1.29 is 58.2 Å². The molecule has 1 fully saturated rings. The summed E-state index contributed by atoms with van der Waals surface area (Å²) in [6, 6.07) is -9.40. The number of carboxylic acids is 2. The van der Waals surface area contributed by atoms with Gasteiger partial charge in [-0.05, 0) is 74.0 Å². The molecule has 67 heavy (non-hydrogen) atoms. The Hall–Kier alpha value is -5.34. The molecule has 8 amide bonds. The van der Waals surface area contributed by atoms with Gasteiger partial charge in [-0.2, -0.15) is 0 Å². The lowest BCUT2D eigenvalue weighted by molar-refractivity contribution is -0.144. The van der Waals surface area contributed by atoms with E-state index in [1.807, 2.05) is 48.5 Å². The third-order valence-electron chi connectivity index (χ3n) is 11.4. The Morgan fingerprint density at radius 3 is 1.48 bits per heavy atom. The van der Waals surface area contributed by atoms with Crippen molar-refractivity contribution in [2.45, 2.75) is 183 Å². The second kappa shape index (κ2) is 28.7. The summed E-state index contributed by atoms with van der Waals surface area (Å²) in [6.45, 7) is 21.2. The number of hydrogen-bond donors (Lipinski definition) is 10. The van der Waals surface area contributed by atoms with Crippen LogP contribution in [0.15, 0.2) is 0 Å². The van der Waals surface area contributed by atoms with Crippen molar-refractivity contribution in [2.24, 2.45) is 41.2 Å². The summed E-state index contributed by atoms with van der Waals surface area (Å²) in [5.74, 6) is -9.48. The molecule has 11 N–H and O–H groups in total. The Morgan fingerprint density at radius 1 is 0.567 bits per heavy atom. The smallest absolute Gasteiger partial charge is 0.326 e. The maximum atomic E-state index is 13.9. The summed E-state index contributed by atoms with van der Waals surface area (Å²) in [6.07, 6.45) is 1.18. The van der Waals surface area contributed by atoms with Crippen molar-refractivity contribution in [3.63, 3.8) is 0 Å². The van der Waals surface area contributed by atoms with E-state index in [2.05, 4.69) is 37.2 Å². The molecule has 0 radical (unpaired) electrons. The van der Waals surface area contributed by atoms with Crippen LogP contribution in [0.1, 0.15) is 134 Å². The number of hydrogen-bond acceptors (Lipinski definition) is 11. The molecule has 1 aliphatic heterocycles. The highest BCUT2D eigenvalue weighted by atomic mass is 16.4. The van der Waals surface area contributed by atoms with Gasteiger partial charge in [0.25, 0.3) is 0 Å². The van der Waals surface area contributed by atoms with Crippen LogP contribution in [0.3, 0.4) is 0 Å². The number of nitrogens with one attached hydrogen (secondary N) is 7. The zero-order chi connectivity index (χ0) is 51.5. The predicted molar refractivity (Wildman–Crippen MR) is 249 cm³/mol. The van der Waals surface area contributed by atoms with E-state index in [1.54, 1.807) is 34.6 Å². The van der Waals surface area contributed by atoms with Crippen molar-refractivity contribution in [1.29, 1.82) is 0 Å². The molecule has 1 rings (SSSR count). The van der Waals surface area contributed by atoms with Crippen LogP contribution >= 0.6 is 0 Å². The normalized spacial score (nSPS) is 17.4. The Bertz CT molecular complexity index is 1720. The molecule has 0 aromatic carbocycles. The van der Waals surface area contributed by atoms with E-state index in [-0.39, 0.29) is 61.8 Å².